The summed E-state index contributed by atoms with van der Waals surface area (Å²) in [5.41, 5.74) is 1.46. The normalized spacial score (nSPS) is 9.95. The minimum Gasteiger partial charge on any atom is -0.383 e. The van der Waals surface area contributed by atoms with Gasteiger partial charge in [0.25, 0.3) is 5.69 Å². The number of aryl methyl sites for hydroxylation is 1. The summed E-state index contributed by atoms with van der Waals surface area (Å²) in [6.45, 7) is 3.25. The van der Waals surface area contributed by atoms with Crippen molar-refractivity contribution in [3.05, 3.63) is 33.9 Å². The minimum absolute atomic E-state index is 0.0639. The Morgan fingerprint density at radius 3 is 2.79 bits per heavy atom. The van der Waals surface area contributed by atoms with Crippen LogP contribution in [-0.4, -0.2) is 31.7 Å². The summed E-state index contributed by atoms with van der Waals surface area (Å²) in [6.07, 6.45) is 0.315. The molecule has 6 nitrogen and oxygen atoms in total. The first kappa shape index (κ1) is 14.9. The van der Waals surface area contributed by atoms with Gasteiger partial charge in [-0.05, 0) is 12.5 Å². The van der Waals surface area contributed by atoms with Crippen molar-refractivity contribution in [1.29, 1.82) is 5.26 Å². The summed E-state index contributed by atoms with van der Waals surface area (Å²) in [7, 11) is 1.58. The molecular weight excluding hydrogens is 246 g/mol. The number of para-hydroxylation sites is 1. The molecule has 0 aromatic heterocycles. The fourth-order valence-electron chi connectivity index (χ4n) is 1.92. The standard InChI is InChI=1S/C13H17N3O3/c1-11-5-3-6-12(16(17)18)13(11)15(8-4-7-14)9-10-19-2/h3,5-6H,4,8-10H2,1-2H3. The molecule has 0 saturated carbocycles. The number of nitrogens with zero attached hydrogens (tertiary/aromatic N) is 3. The van der Waals surface area contributed by atoms with Crippen molar-refractivity contribution in [2.24, 2.45) is 0 Å². The highest BCUT2D eigenvalue weighted by Crippen LogP contribution is 2.31. The van der Waals surface area contributed by atoms with Crippen molar-refractivity contribution in [2.75, 3.05) is 31.7 Å². The largest absolute Gasteiger partial charge is 0.383 e. The van der Waals surface area contributed by atoms with Gasteiger partial charge in [0.2, 0.25) is 0 Å². The second-order valence-corrected chi connectivity index (χ2v) is 4.09. The van der Waals surface area contributed by atoms with Crippen LogP contribution in [0.1, 0.15) is 12.0 Å². The summed E-state index contributed by atoms with van der Waals surface area (Å²) in [4.78, 5) is 12.5. The van der Waals surface area contributed by atoms with E-state index in [1.54, 1.807) is 13.2 Å². The fraction of sp³-hybridized carbons (Fsp3) is 0.462. The quantitative estimate of drug-likeness (QED) is 0.557. The Morgan fingerprint density at radius 1 is 1.47 bits per heavy atom. The van der Waals surface area contributed by atoms with Crippen molar-refractivity contribution in [2.45, 2.75) is 13.3 Å². The van der Waals surface area contributed by atoms with Crippen LogP contribution in [0.2, 0.25) is 0 Å². The van der Waals surface area contributed by atoms with Crippen molar-refractivity contribution in [1.82, 2.24) is 0 Å². The average molecular weight is 263 g/mol. The van der Waals surface area contributed by atoms with Crippen LogP contribution in [0.4, 0.5) is 11.4 Å². The van der Waals surface area contributed by atoms with E-state index in [1.807, 2.05) is 17.9 Å². The first-order chi connectivity index (χ1) is 9.11. The van der Waals surface area contributed by atoms with Crippen molar-refractivity contribution in [3.63, 3.8) is 0 Å². The van der Waals surface area contributed by atoms with Gasteiger partial charge >= 0.3 is 0 Å². The van der Waals surface area contributed by atoms with Gasteiger partial charge in [0.1, 0.15) is 5.69 Å². The SMILES string of the molecule is COCCN(CCC#N)c1c(C)cccc1[N+](=O)[O-]. The predicted molar refractivity (Wildman–Crippen MR) is 72.2 cm³/mol. The summed E-state index contributed by atoms with van der Waals surface area (Å²) in [5, 5.41) is 19.8. The molecule has 0 N–H and O–H groups in total. The van der Waals surface area contributed by atoms with E-state index < -0.39 is 4.92 Å². The summed E-state index contributed by atoms with van der Waals surface area (Å²) >= 11 is 0. The van der Waals surface area contributed by atoms with E-state index in [9.17, 15) is 10.1 Å². The van der Waals surface area contributed by atoms with E-state index in [1.165, 1.54) is 6.07 Å². The van der Waals surface area contributed by atoms with Gasteiger partial charge in [-0.15, -0.1) is 0 Å². The van der Waals surface area contributed by atoms with Gasteiger partial charge in [0.05, 0.1) is 24.0 Å². The van der Waals surface area contributed by atoms with Gasteiger partial charge < -0.3 is 9.64 Å². The Labute approximate surface area is 112 Å². The molecule has 0 aliphatic rings. The van der Waals surface area contributed by atoms with Crippen LogP contribution in [0.3, 0.4) is 0 Å². The van der Waals surface area contributed by atoms with E-state index in [2.05, 4.69) is 6.07 Å². The number of ether oxygens (including phenoxy) is 1. The number of rotatable bonds is 7. The molecule has 0 bridgehead atoms. The lowest BCUT2D eigenvalue weighted by Gasteiger charge is -2.24. The van der Waals surface area contributed by atoms with Crippen LogP contribution in [0.15, 0.2) is 18.2 Å². The monoisotopic (exact) mass is 263 g/mol. The lowest BCUT2D eigenvalue weighted by atomic mass is 10.1. The number of methoxy groups -OCH3 is 1. The molecule has 0 fully saturated rings. The van der Waals surface area contributed by atoms with Gasteiger partial charge in [0.15, 0.2) is 0 Å². The van der Waals surface area contributed by atoms with Crippen LogP contribution >= 0.6 is 0 Å². The highest BCUT2D eigenvalue weighted by Gasteiger charge is 2.20. The van der Waals surface area contributed by atoms with Gasteiger partial charge in [-0.1, -0.05) is 12.1 Å². The first-order valence-electron chi connectivity index (χ1n) is 5.96. The van der Waals surface area contributed by atoms with Crippen LogP contribution in [0, 0.1) is 28.4 Å². The maximum Gasteiger partial charge on any atom is 0.292 e. The number of anilines is 1. The molecular formula is C13H17N3O3. The van der Waals surface area contributed by atoms with E-state index in [4.69, 9.17) is 10.00 Å². The third-order valence-corrected chi connectivity index (χ3v) is 2.79. The Morgan fingerprint density at radius 2 is 2.21 bits per heavy atom. The number of nitriles is 1. The van der Waals surface area contributed by atoms with E-state index in [0.717, 1.165) is 5.56 Å². The van der Waals surface area contributed by atoms with Gasteiger partial charge in [-0.3, -0.25) is 10.1 Å². The number of hydrogen-bond acceptors (Lipinski definition) is 5. The zero-order valence-corrected chi connectivity index (χ0v) is 11.1. The fourth-order valence-corrected chi connectivity index (χ4v) is 1.92. The van der Waals surface area contributed by atoms with Crippen LogP contribution in [0.5, 0.6) is 0 Å². The molecule has 102 valence electrons. The lowest BCUT2D eigenvalue weighted by Crippen LogP contribution is -2.29. The van der Waals surface area contributed by atoms with E-state index in [0.29, 0.717) is 31.8 Å². The van der Waals surface area contributed by atoms with Crippen LogP contribution in [-0.2, 0) is 4.74 Å². The highest BCUT2D eigenvalue weighted by molar-refractivity contribution is 5.67. The summed E-state index contributed by atoms with van der Waals surface area (Å²) in [6, 6.07) is 7.03. The molecule has 1 aromatic carbocycles. The van der Waals surface area contributed by atoms with E-state index in [-0.39, 0.29) is 5.69 Å². The molecule has 0 unspecified atom stereocenters. The Bertz CT molecular complexity index is 483. The number of nitro benzene ring substituents is 1. The smallest absolute Gasteiger partial charge is 0.292 e. The van der Waals surface area contributed by atoms with Gasteiger partial charge in [-0.25, -0.2) is 0 Å². The Kier molecular flexibility index (Phi) is 5.76. The van der Waals surface area contributed by atoms with Crippen molar-refractivity contribution >= 4 is 11.4 Å². The van der Waals surface area contributed by atoms with Gasteiger partial charge in [0, 0.05) is 26.3 Å². The van der Waals surface area contributed by atoms with E-state index >= 15 is 0 Å². The maximum absolute atomic E-state index is 11.1. The van der Waals surface area contributed by atoms with Crippen LogP contribution in [0.25, 0.3) is 0 Å². The summed E-state index contributed by atoms with van der Waals surface area (Å²) < 4.78 is 5.02. The Balaban J connectivity index is 3.12. The molecule has 0 amide bonds. The lowest BCUT2D eigenvalue weighted by molar-refractivity contribution is -0.384. The zero-order valence-electron chi connectivity index (χ0n) is 11.1. The molecule has 0 aliphatic carbocycles. The third kappa shape index (κ3) is 3.93. The third-order valence-electron chi connectivity index (χ3n) is 2.79. The second-order valence-electron chi connectivity index (χ2n) is 4.09. The average Bonchev–Trinajstić information content (AvgIpc) is 2.39. The summed E-state index contributed by atoms with van der Waals surface area (Å²) in [5.74, 6) is 0. The number of nitro groups is 1. The number of benzene rings is 1. The molecule has 0 spiro atoms. The van der Waals surface area contributed by atoms with Crippen molar-refractivity contribution in [3.8, 4) is 6.07 Å². The van der Waals surface area contributed by atoms with Crippen LogP contribution < -0.4 is 4.90 Å². The maximum atomic E-state index is 11.1. The predicted octanol–water partition coefficient (Wildman–Crippen LogP) is 2.27. The molecule has 0 saturated heterocycles. The number of hydrogen-bond donors (Lipinski definition) is 0. The molecule has 0 atom stereocenters. The molecule has 0 aliphatic heterocycles. The molecule has 1 rings (SSSR count). The Hall–Kier alpha value is -2.13. The zero-order chi connectivity index (χ0) is 14.3. The molecule has 6 heteroatoms. The molecule has 1 aromatic rings. The molecule has 0 heterocycles. The van der Waals surface area contributed by atoms with Gasteiger partial charge in [-0.2, -0.15) is 5.26 Å². The second kappa shape index (κ2) is 7.34. The first-order valence-corrected chi connectivity index (χ1v) is 5.96. The molecule has 19 heavy (non-hydrogen) atoms. The molecule has 0 radical (unpaired) electrons. The minimum atomic E-state index is -0.394. The van der Waals surface area contributed by atoms with Crippen molar-refractivity contribution < 1.29 is 9.66 Å². The highest BCUT2D eigenvalue weighted by atomic mass is 16.6. The topological polar surface area (TPSA) is 79.4 Å².